The topological polar surface area (TPSA) is 66.6 Å². The maximum atomic E-state index is 12.8. The molecule has 0 saturated carbocycles. The highest BCUT2D eigenvalue weighted by Gasteiger charge is 2.35. The number of carboxylic acid groups (broad SMARTS) is 1. The predicted octanol–water partition coefficient (Wildman–Crippen LogP) is 8.45. The number of thiophene rings is 1. The maximum absolute atomic E-state index is 12.8. The molecule has 35 heavy (non-hydrogen) atoms. The zero-order valence-corrected chi connectivity index (χ0v) is 22.7. The van der Waals surface area contributed by atoms with Crippen molar-refractivity contribution in [3.05, 3.63) is 55.5 Å². The van der Waals surface area contributed by atoms with Crippen LogP contribution in [0.3, 0.4) is 0 Å². The van der Waals surface area contributed by atoms with Gasteiger partial charge in [0.1, 0.15) is 5.15 Å². The van der Waals surface area contributed by atoms with E-state index in [-0.39, 0.29) is 9.63 Å². The smallest absolute Gasteiger partial charge is 0.420 e. The number of hydrogen-bond donors (Lipinski definition) is 2. The summed E-state index contributed by atoms with van der Waals surface area (Å²) in [6.45, 7) is 4.50. The third kappa shape index (κ3) is 9.74. The zero-order valence-electron chi connectivity index (χ0n) is 19.5. The summed E-state index contributed by atoms with van der Waals surface area (Å²) in [5, 5.41) is 14.0. The van der Waals surface area contributed by atoms with Crippen molar-refractivity contribution in [2.24, 2.45) is 0 Å². The van der Waals surface area contributed by atoms with Gasteiger partial charge < -0.3 is 10.4 Å². The molecule has 2 N–H and O–H groups in total. The van der Waals surface area contributed by atoms with Gasteiger partial charge in [-0.05, 0) is 46.4 Å². The molecule has 0 saturated heterocycles. The molecular weight excluding hydrogens is 567 g/mol. The third-order valence-corrected chi connectivity index (χ3v) is 6.89. The van der Waals surface area contributed by atoms with Crippen LogP contribution < -0.4 is 5.32 Å². The normalized spacial score (nSPS) is 11.5. The van der Waals surface area contributed by atoms with Gasteiger partial charge in [0.25, 0.3) is 0 Å². The van der Waals surface area contributed by atoms with Gasteiger partial charge in [0.05, 0.1) is 5.56 Å². The molecule has 0 radical (unpaired) electrons. The highest BCUT2D eigenvalue weighted by Crippen LogP contribution is 2.35. The molecule has 0 aromatic carbocycles. The number of fused-ring (bicyclic) bond motifs is 1. The molecule has 5 nitrogen and oxygen atoms in total. The number of unbranched alkanes of at least 4 members (excludes halogenated alkanes) is 7. The summed E-state index contributed by atoms with van der Waals surface area (Å²) in [4.78, 5) is 15.6. The van der Waals surface area contributed by atoms with E-state index in [0.29, 0.717) is 0 Å². The number of aromatic nitrogens is 2. The molecule has 0 aliphatic heterocycles. The highest BCUT2D eigenvalue weighted by molar-refractivity contribution is 9.10. The summed E-state index contributed by atoms with van der Waals surface area (Å²) < 4.78 is 39.3. The van der Waals surface area contributed by atoms with E-state index >= 15 is 0 Å². The van der Waals surface area contributed by atoms with Crippen LogP contribution in [0.1, 0.15) is 79.2 Å². The summed E-state index contributed by atoms with van der Waals surface area (Å²) in [7, 11) is 0. The maximum Gasteiger partial charge on any atom is 0.420 e. The fourth-order valence-corrected chi connectivity index (χ4v) is 4.80. The highest BCUT2D eigenvalue weighted by atomic mass is 79.9. The largest absolute Gasteiger partial charge is 0.476 e. The molecule has 0 aliphatic carbocycles. The number of rotatable bonds is 12. The minimum absolute atomic E-state index is 0.110. The number of hydrogen-bond acceptors (Lipinski definition) is 4. The fraction of sp³-hybridized carbons (Fsp3) is 0.500. The average Bonchev–Trinajstić information content (AvgIpc) is 3.43. The Kier molecular flexibility index (Phi) is 12.5. The first-order chi connectivity index (χ1) is 16.6. The number of alkyl halides is 3. The van der Waals surface area contributed by atoms with Crippen LogP contribution in [0.15, 0.2) is 34.2 Å². The minimum atomic E-state index is -4.66. The number of carbonyl (C=O) groups is 1. The quantitative estimate of drug-likeness (QED) is 0.206. The monoisotopic (exact) mass is 595 g/mol. The lowest BCUT2D eigenvalue weighted by Crippen LogP contribution is -2.13. The van der Waals surface area contributed by atoms with Gasteiger partial charge in [0, 0.05) is 22.1 Å². The number of nitrogens with one attached hydrogen (secondary N) is 1. The van der Waals surface area contributed by atoms with Gasteiger partial charge in [0.15, 0.2) is 11.3 Å². The second kappa shape index (κ2) is 14.8. The van der Waals surface area contributed by atoms with Gasteiger partial charge >= 0.3 is 12.1 Å². The zero-order chi connectivity index (χ0) is 25.8. The minimum Gasteiger partial charge on any atom is -0.476 e. The van der Waals surface area contributed by atoms with E-state index in [2.05, 4.69) is 50.7 Å². The summed E-state index contributed by atoms with van der Waals surface area (Å²) in [5.74, 6) is -1.49. The van der Waals surface area contributed by atoms with Crippen molar-refractivity contribution in [2.75, 3.05) is 6.54 Å². The van der Waals surface area contributed by atoms with Gasteiger partial charge in [-0.15, -0.1) is 11.3 Å². The number of nitrogens with zero attached hydrogens (tertiary/aromatic N) is 2. The van der Waals surface area contributed by atoms with Gasteiger partial charge in [-0.1, -0.05) is 69.5 Å². The van der Waals surface area contributed by atoms with Crippen molar-refractivity contribution < 1.29 is 23.1 Å². The van der Waals surface area contributed by atoms with Crippen molar-refractivity contribution >= 4 is 50.5 Å². The second-order valence-electron chi connectivity index (χ2n) is 8.05. The molecule has 3 heterocycles. The van der Waals surface area contributed by atoms with E-state index in [1.54, 1.807) is 0 Å². The van der Waals surface area contributed by atoms with Crippen molar-refractivity contribution in [3.63, 3.8) is 0 Å². The van der Waals surface area contributed by atoms with Crippen LogP contribution in [-0.2, 0) is 12.7 Å². The number of halogens is 5. The summed E-state index contributed by atoms with van der Waals surface area (Å²) in [6.07, 6.45) is 7.79. The van der Waals surface area contributed by atoms with Crippen LogP contribution in [0.25, 0.3) is 5.65 Å². The molecule has 0 unspecified atom stereocenters. The molecule has 0 bridgehead atoms. The van der Waals surface area contributed by atoms with E-state index in [4.69, 9.17) is 16.7 Å². The SMILES string of the molecule is CCCCCCCCCCNCc1cccs1.O=C(O)c1nc2c(C(F)(F)F)cc(Br)cn2c1Cl. The van der Waals surface area contributed by atoms with Crippen LogP contribution in [0.5, 0.6) is 0 Å². The molecule has 11 heteroatoms. The molecule has 0 fully saturated rings. The number of pyridine rings is 1. The third-order valence-electron chi connectivity index (χ3n) is 5.22. The summed E-state index contributed by atoms with van der Waals surface area (Å²) >= 11 is 10.4. The van der Waals surface area contributed by atoms with Crippen LogP contribution in [-0.4, -0.2) is 27.0 Å². The van der Waals surface area contributed by atoms with Crippen molar-refractivity contribution in [2.45, 2.75) is 71.0 Å². The molecule has 0 aliphatic rings. The van der Waals surface area contributed by atoms with Crippen molar-refractivity contribution in [3.8, 4) is 0 Å². The van der Waals surface area contributed by atoms with Crippen molar-refractivity contribution in [1.29, 1.82) is 0 Å². The van der Waals surface area contributed by atoms with E-state index in [9.17, 15) is 18.0 Å². The lowest BCUT2D eigenvalue weighted by Gasteiger charge is -2.08. The lowest BCUT2D eigenvalue weighted by atomic mass is 10.1. The number of aromatic carboxylic acids is 1. The standard InChI is InChI=1S/C15H27NS.C9H3BrClF3N2O2/c1-2-3-4-5-6-7-8-9-12-16-14-15-11-10-13-17-15;10-3-1-4(9(12,13)14)7-15-5(8(17)18)6(11)16(7)2-3/h10-11,13,16H,2-9,12,14H2,1H3;1-2H,(H,17,18). The Morgan fingerprint density at radius 2 is 1.86 bits per heavy atom. The van der Waals surface area contributed by atoms with Crippen LogP contribution >= 0.6 is 38.9 Å². The first-order valence-electron chi connectivity index (χ1n) is 11.6. The molecular formula is C24H30BrClF3N3O2S. The number of carboxylic acids is 1. The number of imidazole rings is 1. The first-order valence-corrected chi connectivity index (χ1v) is 13.6. The molecule has 0 spiro atoms. The van der Waals surface area contributed by atoms with Gasteiger partial charge in [0.2, 0.25) is 0 Å². The Morgan fingerprint density at radius 1 is 1.20 bits per heavy atom. The molecule has 3 aromatic heterocycles. The average molecular weight is 597 g/mol. The van der Waals surface area contributed by atoms with Gasteiger partial charge in [-0.3, -0.25) is 4.40 Å². The van der Waals surface area contributed by atoms with E-state index in [1.807, 2.05) is 11.3 Å². The summed E-state index contributed by atoms with van der Waals surface area (Å²) in [5.41, 5.74) is -2.24. The van der Waals surface area contributed by atoms with Crippen LogP contribution in [0, 0.1) is 0 Å². The van der Waals surface area contributed by atoms with Crippen LogP contribution in [0.4, 0.5) is 13.2 Å². The predicted molar refractivity (Wildman–Crippen MR) is 138 cm³/mol. The molecule has 194 valence electrons. The van der Waals surface area contributed by atoms with Crippen LogP contribution in [0.2, 0.25) is 5.15 Å². The Balaban J connectivity index is 0.000000247. The molecule has 3 rings (SSSR count). The Hall–Kier alpha value is -1.62. The second-order valence-corrected chi connectivity index (χ2v) is 10.4. The summed E-state index contributed by atoms with van der Waals surface area (Å²) in [6, 6.07) is 5.13. The first kappa shape index (κ1) is 29.6. The molecule has 0 atom stereocenters. The molecule has 0 amide bonds. The van der Waals surface area contributed by atoms with E-state index in [0.717, 1.165) is 17.0 Å². The molecule has 3 aromatic rings. The Morgan fingerprint density at radius 3 is 2.43 bits per heavy atom. The Labute approximate surface area is 220 Å². The van der Waals surface area contributed by atoms with E-state index < -0.39 is 29.1 Å². The Bertz CT molecular complexity index is 1060. The lowest BCUT2D eigenvalue weighted by molar-refractivity contribution is -0.136. The van der Waals surface area contributed by atoms with E-state index in [1.165, 1.54) is 69.0 Å². The van der Waals surface area contributed by atoms with Gasteiger partial charge in [-0.2, -0.15) is 13.2 Å². The fourth-order valence-electron chi connectivity index (χ4n) is 3.44. The van der Waals surface area contributed by atoms with Gasteiger partial charge in [-0.25, -0.2) is 9.78 Å². The van der Waals surface area contributed by atoms with Crippen molar-refractivity contribution in [1.82, 2.24) is 14.7 Å².